The van der Waals surface area contributed by atoms with Crippen molar-refractivity contribution in [1.82, 2.24) is 20.5 Å². The number of thioether (sulfide) groups is 1. The smallest absolute Gasteiger partial charge is 0.350 e. The first-order valence-electron chi connectivity index (χ1n) is 15.9. The highest BCUT2D eigenvalue weighted by Crippen LogP contribution is 2.45. The van der Waals surface area contributed by atoms with Crippen LogP contribution in [-0.2, 0) is 24.0 Å². The number of oxime groups is 1. The molecule has 0 unspecified atom stereocenters. The number of phenols is 2. The van der Waals surface area contributed by atoms with Crippen LogP contribution in [0.3, 0.4) is 0 Å². The lowest BCUT2D eigenvalue weighted by atomic mass is 9.92. The number of aliphatic carboxylic acids is 1. The van der Waals surface area contributed by atoms with Gasteiger partial charge in [0, 0.05) is 48.4 Å². The van der Waals surface area contributed by atoms with E-state index in [1.54, 1.807) is 0 Å². The lowest BCUT2D eigenvalue weighted by Gasteiger charge is -2.52. The fourth-order valence-corrected chi connectivity index (χ4v) is 9.14. The van der Waals surface area contributed by atoms with Crippen LogP contribution in [0, 0.1) is 0 Å². The van der Waals surface area contributed by atoms with E-state index < -0.39 is 46.5 Å². The van der Waals surface area contributed by atoms with E-state index in [-0.39, 0.29) is 51.7 Å². The summed E-state index contributed by atoms with van der Waals surface area (Å²) in [5.41, 5.74) is 4.81. The molecule has 4 aliphatic rings. The predicted molar refractivity (Wildman–Crippen MR) is 182 cm³/mol. The van der Waals surface area contributed by atoms with Gasteiger partial charge in [0.1, 0.15) is 23.7 Å². The summed E-state index contributed by atoms with van der Waals surface area (Å²) < 4.78 is 0.660. The van der Waals surface area contributed by atoms with Gasteiger partial charge in [-0.2, -0.15) is 0 Å². The van der Waals surface area contributed by atoms with Crippen LogP contribution in [-0.4, -0.2) is 120 Å². The Morgan fingerprint density at radius 3 is 2.52 bits per heavy atom. The number of nitrogen functional groups attached to an aromatic ring is 1. The molecule has 7 N–H and O–H groups in total. The number of quaternary nitrogens is 1. The van der Waals surface area contributed by atoms with E-state index in [4.69, 9.17) is 10.6 Å². The van der Waals surface area contributed by atoms with Gasteiger partial charge in [0.2, 0.25) is 5.60 Å². The first-order chi connectivity index (χ1) is 23.6. The second kappa shape index (κ2) is 13.2. The molecule has 266 valence electrons. The van der Waals surface area contributed by atoms with Gasteiger partial charge >= 0.3 is 5.97 Å². The Kier molecular flexibility index (Phi) is 9.29. The van der Waals surface area contributed by atoms with E-state index in [0.29, 0.717) is 35.9 Å². The van der Waals surface area contributed by atoms with E-state index in [1.165, 1.54) is 54.1 Å². The number of hydrogen-bond donors (Lipinski definition) is 6. The van der Waals surface area contributed by atoms with E-state index in [1.807, 2.05) is 0 Å². The molecule has 16 nitrogen and oxygen atoms in total. The molecule has 3 saturated heterocycles. The molecule has 18 heteroatoms. The van der Waals surface area contributed by atoms with E-state index >= 15 is 0 Å². The average Bonchev–Trinajstić information content (AvgIpc) is 3.53. The fourth-order valence-electron chi connectivity index (χ4n) is 7.24. The SMILES string of the molecule is CC(C)(O/N=C(\C(=O)N[C@@H]1C(=O)N2C(C=O)=C(C[N@+]3(C)[C@@H]4CC[C@H]3C[C@@H](NC(=O)c3cccc(O)c3O)C4)CS[C@H]12)c1csc(N)n1)C(=O)O. The summed E-state index contributed by atoms with van der Waals surface area (Å²) in [4.78, 5) is 74.5. The third-order valence-corrected chi connectivity index (χ3v) is 12.1. The molecule has 50 heavy (non-hydrogen) atoms. The Hall–Kier alpha value is -4.68. The molecule has 6 rings (SSSR count). The first-order valence-corrected chi connectivity index (χ1v) is 17.9. The molecule has 0 aliphatic carbocycles. The van der Waals surface area contributed by atoms with Gasteiger partial charge in [-0.1, -0.05) is 11.2 Å². The number of carboxylic acids is 1. The number of nitrogens with one attached hydrogen (secondary N) is 2. The van der Waals surface area contributed by atoms with E-state index in [2.05, 4.69) is 27.8 Å². The number of thiazole rings is 1. The van der Waals surface area contributed by atoms with Crippen molar-refractivity contribution in [2.24, 2.45) is 5.16 Å². The molecular formula is C32H38N7O9S2+. The lowest BCUT2D eigenvalue weighted by Crippen LogP contribution is -2.71. The third kappa shape index (κ3) is 6.26. The number of anilines is 1. The van der Waals surface area contributed by atoms with E-state index in [0.717, 1.165) is 29.8 Å². The minimum absolute atomic E-state index is 0.00949. The van der Waals surface area contributed by atoms with Gasteiger partial charge in [-0.15, -0.1) is 23.1 Å². The van der Waals surface area contributed by atoms with Gasteiger partial charge in [-0.3, -0.25) is 24.1 Å². The van der Waals surface area contributed by atoms with Crippen LogP contribution in [0.15, 0.2) is 40.0 Å². The number of aromatic hydroxyl groups is 2. The minimum atomic E-state index is -1.76. The second-order valence-electron chi connectivity index (χ2n) is 13.6. The van der Waals surface area contributed by atoms with Gasteiger partial charge in [0.05, 0.1) is 30.4 Å². The zero-order valence-electron chi connectivity index (χ0n) is 27.5. The van der Waals surface area contributed by atoms with Crippen LogP contribution in [0.5, 0.6) is 11.5 Å². The Labute approximate surface area is 294 Å². The molecule has 3 fully saturated rings. The number of carboxylic acid groups (broad SMARTS) is 1. The second-order valence-corrected chi connectivity index (χ2v) is 15.6. The van der Waals surface area contributed by atoms with Gasteiger partial charge in [-0.05, 0) is 26.0 Å². The lowest BCUT2D eigenvalue weighted by molar-refractivity contribution is -0.944. The zero-order chi connectivity index (χ0) is 36.1. The van der Waals surface area contributed by atoms with Crippen LogP contribution in [0.4, 0.5) is 5.13 Å². The number of β-lactam (4-membered cyclic amide) rings is 1. The van der Waals surface area contributed by atoms with Crippen molar-refractivity contribution in [3.8, 4) is 11.5 Å². The molecule has 2 aromatic rings. The quantitative estimate of drug-likeness (QED) is 0.0478. The number of piperidine rings is 1. The number of hydrogen-bond acceptors (Lipinski definition) is 13. The molecule has 6 atom stereocenters. The summed E-state index contributed by atoms with van der Waals surface area (Å²) in [5, 5.41) is 39.9. The molecular weight excluding hydrogens is 691 g/mol. The summed E-state index contributed by atoms with van der Waals surface area (Å²) in [6, 6.07) is 3.52. The van der Waals surface area contributed by atoms with Gasteiger partial charge in [0.25, 0.3) is 17.7 Å². The normalized spacial score (nSPS) is 27.7. The number of aromatic nitrogens is 1. The molecule has 0 spiro atoms. The number of para-hydroxylation sites is 1. The molecule has 4 aliphatic heterocycles. The molecule has 0 radical (unpaired) electrons. The Morgan fingerprint density at radius 2 is 1.90 bits per heavy atom. The van der Waals surface area contributed by atoms with E-state index in [9.17, 15) is 39.3 Å². The molecule has 1 aromatic heterocycles. The summed E-state index contributed by atoms with van der Waals surface area (Å²) in [5.74, 6) is -3.42. The standard InChI is InChI=1S/C32H37N7O9S2/c1-32(2,30(46)47)48-37-23(20-14-50-31(33)35-20)27(44)36-24-28(45)38-21(12-40)15(13-49-29(24)38)11-39(3)17-7-8-18(39)10-16(9-17)34-26(43)19-5-4-6-22(41)25(19)42/h4-6,12,14,16-18,24,29H,7-11,13H2,1-3H3,(H6-,33,34,35,36,37,41,42,43,44,46,47)/p+1/t16-,17+,18-,24-,29-,39+/m1/s1. The van der Waals surface area contributed by atoms with Crippen molar-refractivity contribution in [3.63, 3.8) is 0 Å². The summed E-state index contributed by atoms with van der Waals surface area (Å²) in [6.45, 7) is 3.07. The average molecular weight is 729 g/mol. The number of nitrogens with two attached hydrogens (primary N) is 1. The molecule has 3 amide bonds. The number of carbonyl (C=O) groups excluding carboxylic acids is 4. The largest absolute Gasteiger partial charge is 0.504 e. The Bertz CT molecular complexity index is 1810. The van der Waals surface area contributed by atoms with Crippen molar-refractivity contribution >= 4 is 63.9 Å². The summed E-state index contributed by atoms with van der Waals surface area (Å²) >= 11 is 2.47. The number of phenolic OH excluding ortho intramolecular Hbond substituents is 2. The number of fused-ring (bicyclic) bond motifs is 3. The monoisotopic (exact) mass is 728 g/mol. The predicted octanol–water partition coefficient (Wildman–Crippen LogP) is 1.14. The number of benzene rings is 1. The van der Waals surface area contributed by atoms with Crippen molar-refractivity contribution in [2.45, 2.75) is 74.7 Å². The van der Waals surface area contributed by atoms with Crippen LogP contribution >= 0.6 is 23.1 Å². The molecule has 5 heterocycles. The number of nitrogens with zero attached hydrogens (tertiary/aromatic N) is 4. The maximum Gasteiger partial charge on any atom is 0.350 e. The highest BCUT2D eigenvalue weighted by molar-refractivity contribution is 8.00. The Balaban J connectivity index is 1.13. The number of aldehydes is 1. The maximum absolute atomic E-state index is 13.5. The van der Waals surface area contributed by atoms with Gasteiger partial charge in [-0.25, -0.2) is 9.78 Å². The molecule has 0 saturated carbocycles. The Morgan fingerprint density at radius 1 is 1.20 bits per heavy atom. The number of amides is 3. The summed E-state index contributed by atoms with van der Waals surface area (Å²) in [6.07, 6.45) is 3.94. The maximum atomic E-state index is 13.5. The molecule has 2 bridgehead atoms. The highest BCUT2D eigenvalue weighted by atomic mass is 32.2. The van der Waals surface area contributed by atoms with Gasteiger partial charge < -0.3 is 41.0 Å². The van der Waals surface area contributed by atoms with Crippen LogP contribution < -0.4 is 16.4 Å². The number of rotatable bonds is 11. The highest BCUT2D eigenvalue weighted by Gasteiger charge is 2.56. The number of likely N-dealkylation sites (N-methyl/N-ethyl adjacent to an activating group) is 1. The van der Waals surface area contributed by atoms with Crippen molar-refractivity contribution in [1.29, 1.82) is 0 Å². The molecule has 1 aromatic carbocycles. The number of carbonyl (C=O) groups is 5. The van der Waals surface area contributed by atoms with Crippen LogP contribution in [0.2, 0.25) is 0 Å². The van der Waals surface area contributed by atoms with Crippen molar-refractivity contribution in [2.75, 3.05) is 25.1 Å². The fraction of sp³-hybridized carbons (Fsp3) is 0.469. The van der Waals surface area contributed by atoms with Gasteiger partial charge in [0.15, 0.2) is 28.6 Å². The van der Waals surface area contributed by atoms with Crippen LogP contribution in [0.1, 0.15) is 55.6 Å². The first kappa shape index (κ1) is 35.2. The zero-order valence-corrected chi connectivity index (χ0v) is 29.1. The topological polar surface area (TPSA) is 234 Å². The number of allylic oxidation sites excluding steroid dienone is 1. The third-order valence-electron chi connectivity index (χ3n) is 10.1. The van der Waals surface area contributed by atoms with Crippen molar-refractivity contribution < 1.29 is 48.6 Å². The van der Waals surface area contributed by atoms with Crippen LogP contribution in [0.25, 0.3) is 0 Å². The minimum Gasteiger partial charge on any atom is -0.504 e. The summed E-state index contributed by atoms with van der Waals surface area (Å²) in [7, 11) is 2.15. The van der Waals surface area contributed by atoms with Crippen molar-refractivity contribution in [3.05, 3.63) is 46.1 Å².